The Kier molecular flexibility index (Phi) is 7.27. The van der Waals surface area contributed by atoms with Gasteiger partial charge in [-0.2, -0.15) is 20.3 Å². The zero-order valence-corrected chi connectivity index (χ0v) is 25.1. The molecule has 1 spiro atoms. The summed E-state index contributed by atoms with van der Waals surface area (Å²) in [5, 5.41) is 18.7. The van der Waals surface area contributed by atoms with Gasteiger partial charge in [-0.15, -0.1) is 0 Å². The number of carbonyl (C=O) groups is 1. The molecular weight excluding hydrogens is 542 g/mol. The van der Waals surface area contributed by atoms with E-state index in [9.17, 15) is 10.1 Å². The lowest BCUT2D eigenvalue weighted by molar-refractivity contribution is -0.136. The molecule has 0 aliphatic carbocycles. The van der Waals surface area contributed by atoms with Crippen LogP contribution in [-0.4, -0.2) is 113 Å². The minimum Gasteiger partial charge on any atom is -0.462 e. The van der Waals surface area contributed by atoms with Crippen molar-refractivity contribution in [2.45, 2.75) is 38.6 Å². The minimum atomic E-state index is 0.00683. The van der Waals surface area contributed by atoms with Crippen molar-refractivity contribution in [1.29, 1.82) is 5.26 Å². The number of amides is 1. The van der Waals surface area contributed by atoms with Crippen LogP contribution in [0.25, 0.3) is 22.2 Å². The predicted octanol–water partition coefficient (Wildman–Crippen LogP) is 2.97. The van der Waals surface area contributed by atoms with Gasteiger partial charge in [0.15, 0.2) is 5.82 Å². The van der Waals surface area contributed by atoms with Gasteiger partial charge in [-0.25, -0.2) is 0 Å². The zero-order valence-electron chi connectivity index (χ0n) is 25.1. The van der Waals surface area contributed by atoms with Gasteiger partial charge >= 0.3 is 6.01 Å². The van der Waals surface area contributed by atoms with Crippen molar-refractivity contribution in [2.24, 2.45) is 5.41 Å². The topological polar surface area (TPSA) is 118 Å². The first-order chi connectivity index (χ1) is 20.9. The Morgan fingerprint density at radius 1 is 1.19 bits per heavy atom. The van der Waals surface area contributed by atoms with Gasteiger partial charge in [0.2, 0.25) is 5.91 Å². The molecule has 1 amide bonds. The van der Waals surface area contributed by atoms with Crippen LogP contribution in [0.3, 0.4) is 0 Å². The number of aryl methyl sites for hydroxylation is 1. The lowest BCUT2D eigenvalue weighted by atomic mass is 9.79. The van der Waals surface area contributed by atoms with Gasteiger partial charge in [0.1, 0.15) is 18.2 Å². The molecule has 1 N–H and O–H groups in total. The van der Waals surface area contributed by atoms with E-state index in [0.717, 1.165) is 93.7 Å². The number of anilines is 1. The molecule has 0 saturated carbocycles. The third kappa shape index (κ3) is 5.23. The molecule has 11 nitrogen and oxygen atoms in total. The molecule has 1 aromatic carbocycles. The summed E-state index contributed by atoms with van der Waals surface area (Å²) >= 11 is 0. The standard InChI is InChI=1S/C32H39N9O2/c1-22-8-9-26-25(17-34-37-26)28(22)29-24(16-33)30(36-31(35-29)43-18-23-6-3-11-38(23)2)40-15-10-32(19-40)20-41(21-32)27(42)7-4-12-39-13-5-14-39/h4,7-9,17,23H,3,5-6,10-15,18-21H2,1-2H3,(H,34,37)/b7-4+/t23-/m0/s1. The van der Waals surface area contributed by atoms with Gasteiger partial charge in [0, 0.05) is 61.2 Å². The quantitative estimate of drug-likeness (QED) is 0.401. The van der Waals surface area contributed by atoms with E-state index in [1.807, 2.05) is 30.0 Å². The number of H-pyrrole nitrogens is 1. The second kappa shape index (κ2) is 11.2. The van der Waals surface area contributed by atoms with Crippen molar-refractivity contribution >= 4 is 22.6 Å². The second-order valence-corrected chi connectivity index (χ2v) is 12.8. The van der Waals surface area contributed by atoms with Gasteiger partial charge in [0.05, 0.1) is 17.4 Å². The number of nitrogens with one attached hydrogen (secondary N) is 1. The molecule has 4 aliphatic heterocycles. The van der Waals surface area contributed by atoms with Crippen LogP contribution in [0.4, 0.5) is 5.82 Å². The highest BCUT2D eigenvalue weighted by molar-refractivity contribution is 5.97. The SMILES string of the molecule is Cc1ccc2[nH]ncc2c1-c1nc(OC[C@@H]2CCCN2C)nc(N2CCC3(CN(C(=O)/C=C/CN4CCC4)C3)C2)c1C#N. The molecule has 0 bridgehead atoms. The van der Waals surface area contributed by atoms with E-state index in [4.69, 9.17) is 14.7 Å². The van der Waals surface area contributed by atoms with Crippen molar-refractivity contribution in [2.75, 3.05) is 70.9 Å². The number of hydrogen-bond donors (Lipinski definition) is 1. The van der Waals surface area contributed by atoms with Crippen LogP contribution < -0.4 is 9.64 Å². The third-order valence-electron chi connectivity index (χ3n) is 9.80. The number of hydrogen-bond acceptors (Lipinski definition) is 9. The predicted molar refractivity (Wildman–Crippen MR) is 164 cm³/mol. The van der Waals surface area contributed by atoms with Gasteiger partial charge in [-0.05, 0) is 70.9 Å². The molecule has 1 atom stereocenters. The average Bonchev–Trinajstić information content (AvgIpc) is 3.71. The van der Waals surface area contributed by atoms with Crippen LogP contribution in [0.1, 0.15) is 36.8 Å². The first kappa shape index (κ1) is 27.8. The minimum absolute atomic E-state index is 0.00683. The molecule has 3 aromatic rings. The number of likely N-dealkylation sites (tertiary alicyclic amines) is 3. The number of likely N-dealkylation sites (N-methyl/N-ethyl adjacent to an activating group) is 1. The van der Waals surface area contributed by atoms with E-state index in [0.29, 0.717) is 35.7 Å². The largest absolute Gasteiger partial charge is 0.462 e. The summed E-state index contributed by atoms with van der Waals surface area (Å²) in [5.41, 5.74) is 3.79. The maximum absolute atomic E-state index is 12.8. The summed E-state index contributed by atoms with van der Waals surface area (Å²) in [7, 11) is 2.12. The highest BCUT2D eigenvalue weighted by Gasteiger charge is 2.49. The van der Waals surface area contributed by atoms with E-state index < -0.39 is 0 Å². The Hall–Kier alpha value is -4.01. The Bertz CT molecular complexity index is 1600. The van der Waals surface area contributed by atoms with Crippen LogP contribution in [0.2, 0.25) is 0 Å². The molecular formula is C32H39N9O2. The molecule has 6 heterocycles. The van der Waals surface area contributed by atoms with E-state index in [1.165, 1.54) is 6.42 Å². The Morgan fingerprint density at radius 3 is 2.79 bits per heavy atom. The summed E-state index contributed by atoms with van der Waals surface area (Å²) in [6, 6.07) is 7.08. The van der Waals surface area contributed by atoms with Crippen LogP contribution in [-0.2, 0) is 4.79 Å². The van der Waals surface area contributed by atoms with Gasteiger partial charge in [0.25, 0.3) is 0 Å². The van der Waals surface area contributed by atoms with Crippen molar-refractivity contribution < 1.29 is 9.53 Å². The van der Waals surface area contributed by atoms with E-state index in [1.54, 1.807) is 12.3 Å². The summed E-state index contributed by atoms with van der Waals surface area (Å²) in [5.74, 6) is 0.696. The van der Waals surface area contributed by atoms with Crippen LogP contribution >= 0.6 is 0 Å². The van der Waals surface area contributed by atoms with E-state index >= 15 is 0 Å². The number of benzene rings is 1. The Balaban J connectivity index is 1.16. The fraction of sp³-hybridized carbons (Fsp3) is 0.531. The fourth-order valence-electron chi connectivity index (χ4n) is 7.07. The number of nitriles is 1. The van der Waals surface area contributed by atoms with Crippen molar-refractivity contribution in [3.8, 4) is 23.3 Å². The van der Waals surface area contributed by atoms with Crippen LogP contribution in [0.5, 0.6) is 6.01 Å². The van der Waals surface area contributed by atoms with Crippen molar-refractivity contribution in [1.82, 2.24) is 34.9 Å². The van der Waals surface area contributed by atoms with Crippen molar-refractivity contribution in [3.63, 3.8) is 0 Å². The lowest BCUT2D eigenvalue weighted by Crippen LogP contribution is -2.59. The lowest BCUT2D eigenvalue weighted by Gasteiger charge is -2.47. The van der Waals surface area contributed by atoms with Crippen LogP contribution in [0.15, 0.2) is 30.5 Å². The van der Waals surface area contributed by atoms with Gasteiger partial charge in [-0.1, -0.05) is 12.1 Å². The van der Waals surface area contributed by atoms with Gasteiger partial charge < -0.3 is 19.4 Å². The molecule has 0 radical (unpaired) electrons. The number of rotatable bonds is 8. The summed E-state index contributed by atoms with van der Waals surface area (Å²) in [6.07, 6.45) is 9.93. The summed E-state index contributed by atoms with van der Waals surface area (Å²) < 4.78 is 6.28. The van der Waals surface area contributed by atoms with E-state index in [2.05, 4.69) is 38.0 Å². The molecule has 43 heavy (non-hydrogen) atoms. The number of aromatic nitrogens is 4. The van der Waals surface area contributed by atoms with Crippen LogP contribution in [0, 0.1) is 23.7 Å². The first-order valence-corrected chi connectivity index (χ1v) is 15.4. The molecule has 2 aromatic heterocycles. The number of fused-ring (bicyclic) bond motifs is 1. The molecule has 7 rings (SSSR count). The first-order valence-electron chi connectivity index (χ1n) is 15.4. The monoisotopic (exact) mass is 581 g/mol. The maximum Gasteiger partial charge on any atom is 0.319 e. The molecule has 4 fully saturated rings. The maximum atomic E-state index is 12.8. The van der Waals surface area contributed by atoms with Crippen molar-refractivity contribution in [3.05, 3.63) is 41.6 Å². The number of aromatic amines is 1. The molecule has 11 heteroatoms. The highest BCUT2D eigenvalue weighted by Crippen LogP contribution is 2.43. The number of carbonyl (C=O) groups excluding carboxylic acids is 1. The summed E-state index contributed by atoms with van der Waals surface area (Å²) in [4.78, 5) is 31.3. The Labute approximate surface area is 252 Å². The fourth-order valence-corrected chi connectivity index (χ4v) is 7.07. The zero-order chi connectivity index (χ0) is 29.6. The highest BCUT2D eigenvalue weighted by atomic mass is 16.5. The van der Waals surface area contributed by atoms with Gasteiger partial charge in [-0.3, -0.25) is 14.8 Å². The Morgan fingerprint density at radius 2 is 2.05 bits per heavy atom. The van der Waals surface area contributed by atoms with E-state index in [-0.39, 0.29) is 11.3 Å². The molecule has 4 saturated heterocycles. The molecule has 4 aliphatic rings. The summed E-state index contributed by atoms with van der Waals surface area (Å²) in [6.45, 7) is 9.63. The third-order valence-corrected chi connectivity index (χ3v) is 9.80. The molecule has 0 unspecified atom stereocenters. The second-order valence-electron chi connectivity index (χ2n) is 12.8. The average molecular weight is 582 g/mol. The number of ether oxygens (including phenoxy) is 1. The smallest absolute Gasteiger partial charge is 0.319 e. The normalized spacial score (nSPS) is 21.9. The number of nitrogens with zero attached hydrogens (tertiary/aromatic N) is 8. The molecule has 224 valence electrons.